The highest BCUT2D eigenvalue weighted by Gasteiger charge is 2.19. The second-order valence-corrected chi connectivity index (χ2v) is 7.44. The summed E-state index contributed by atoms with van der Waals surface area (Å²) >= 11 is 0. The largest absolute Gasteiger partial charge is 0.496 e. The van der Waals surface area contributed by atoms with Crippen molar-refractivity contribution in [2.45, 2.75) is 25.2 Å². The third kappa shape index (κ3) is 4.96. The van der Waals surface area contributed by atoms with Gasteiger partial charge in [0.15, 0.2) is 0 Å². The molecule has 0 aliphatic rings. The summed E-state index contributed by atoms with van der Waals surface area (Å²) in [5.74, 6) is 0.784. The zero-order chi connectivity index (χ0) is 18.4. The smallest absolute Gasteiger partial charge is 0.356 e. The molecule has 0 amide bonds. The number of hydrogen-bond donors (Lipinski definition) is 3. The lowest BCUT2D eigenvalue weighted by Crippen LogP contribution is -2.79. The van der Waals surface area contributed by atoms with Crippen molar-refractivity contribution in [2.24, 2.45) is 5.73 Å². The minimum absolute atomic E-state index is 0.00636. The number of aryl methyl sites for hydroxylation is 2. The van der Waals surface area contributed by atoms with Gasteiger partial charge in [-0.1, -0.05) is 24.3 Å². The summed E-state index contributed by atoms with van der Waals surface area (Å²) in [7, 11) is -2.09. The SMILES string of the molecule is COc1ccccc1CC[NH+]=C(N)NS(=O)(=O)c1ccc(C)c(C)c1. The number of nitrogens with one attached hydrogen (secondary N) is 2. The van der Waals surface area contributed by atoms with Gasteiger partial charge in [0, 0.05) is 6.42 Å². The number of benzene rings is 2. The summed E-state index contributed by atoms with van der Waals surface area (Å²) in [4.78, 5) is 3.07. The molecule has 4 N–H and O–H groups in total. The average molecular weight is 362 g/mol. The van der Waals surface area contributed by atoms with Crippen LogP contribution < -0.4 is 20.2 Å². The zero-order valence-corrected chi connectivity index (χ0v) is 15.5. The Hall–Kier alpha value is -2.54. The second-order valence-electron chi connectivity index (χ2n) is 5.75. The lowest BCUT2D eigenvalue weighted by atomic mass is 10.1. The highest BCUT2D eigenvalue weighted by atomic mass is 32.2. The molecule has 0 aliphatic carbocycles. The first-order valence-corrected chi connectivity index (χ1v) is 9.40. The van der Waals surface area contributed by atoms with Gasteiger partial charge in [-0.3, -0.25) is 10.7 Å². The maximum Gasteiger partial charge on any atom is 0.356 e. The second kappa shape index (κ2) is 8.02. The summed E-state index contributed by atoms with van der Waals surface area (Å²) in [5.41, 5.74) is 8.74. The zero-order valence-electron chi connectivity index (χ0n) is 14.7. The molecule has 0 bridgehead atoms. The number of para-hydroxylation sites is 1. The standard InChI is InChI=1S/C18H23N3O3S/c1-13-8-9-16(12-14(13)2)25(22,23)21-18(19)20-11-10-15-6-4-5-7-17(15)24-3/h4-9,12H,10-11H2,1-3H3,(H3,19,20,21)/p+1. The highest BCUT2D eigenvalue weighted by Crippen LogP contribution is 2.17. The minimum atomic E-state index is -3.71. The van der Waals surface area contributed by atoms with E-state index in [-0.39, 0.29) is 10.9 Å². The number of sulfonamides is 1. The summed E-state index contributed by atoms with van der Waals surface area (Å²) in [6.45, 7) is 4.27. The van der Waals surface area contributed by atoms with Crippen molar-refractivity contribution in [1.82, 2.24) is 4.72 Å². The molecule has 0 heterocycles. The predicted molar refractivity (Wildman–Crippen MR) is 98.0 cm³/mol. The van der Waals surface area contributed by atoms with Crippen LogP contribution in [-0.4, -0.2) is 28.0 Å². The maximum absolute atomic E-state index is 12.4. The molecular formula is C18H24N3O3S+. The van der Waals surface area contributed by atoms with Crippen LogP contribution in [0.5, 0.6) is 5.75 Å². The summed E-state index contributed by atoms with van der Waals surface area (Å²) in [6, 6.07) is 12.6. The van der Waals surface area contributed by atoms with Gasteiger partial charge in [-0.05, 0) is 48.7 Å². The molecule has 2 aromatic rings. The number of methoxy groups -OCH3 is 1. The molecule has 134 valence electrons. The van der Waals surface area contributed by atoms with Crippen molar-refractivity contribution in [3.63, 3.8) is 0 Å². The van der Waals surface area contributed by atoms with Gasteiger partial charge in [0.25, 0.3) is 0 Å². The fourth-order valence-electron chi connectivity index (χ4n) is 2.36. The van der Waals surface area contributed by atoms with Crippen LogP contribution in [0.15, 0.2) is 47.4 Å². The molecule has 0 saturated heterocycles. The van der Waals surface area contributed by atoms with Crippen LogP contribution in [0.1, 0.15) is 16.7 Å². The number of hydrogen-bond acceptors (Lipinski definition) is 3. The Balaban J connectivity index is 2.03. The van der Waals surface area contributed by atoms with E-state index in [1.165, 1.54) is 0 Å². The molecule has 0 aliphatic heterocycles. The van der Waals surface area contributed by atoms with Crippen LogP contribution in [-0.2, 0) is 16.4 Å². The lowest BCUT2D eigenvalue weighted by molar-refractivity contribution is -0.459. The Labute approximate surface area is 148 Å². The lowest BCUT2D eigenvalue weighted by Gasteiger charge is -2.07. The van der Waals surface area contributed by atoms with Gasteiger partial charge in [-0.15, -0.1) is 0 Å². The van der Waals surface area contributed by atoms with E-state index in [9.17, 15) is 8.42 Å². The van der Waals surface area contributed by atoms with E-state index in [4.69, 9.17) is 10.5 Å². The van der Waals surface area contributed by atoms with Gasteiger partial charge >= 0.3 is 16.0 Å². The summed E-state index contributed by atoms with van der Waals surface area (Å²) in [6.07, 6.45) is 0.649. The van der Waals surface area contributed by atoms with Crippen LogP contribution in [0.4, 0.5) is 0 Å². The number of rotatable bonds is 6. The number of ether oxygens (including phenoxy) is 1. The van der Waals surface area contributed by atoms with Crippen LogP contribution >= 0.6 is 0 Å². The van der Waals surface area contributed by atoms with Gasteiger partial charge in [-0.2, -0.15) is 13.1 Å². The molecule has 0 spiro atoms. The van der Waals surface area contributed by atoms with Crippen LogP contribution in [0.25, 0.3) is 0 Å². The van der Waals surface area contributed by atoms with Crippen LogP contribution in [0.3, 0.4) is 0 Å². The topological polar surface area (TPSA) is 95.4 Å². The fraction of sp³-hybridized carbons (Fsp3) is 0.278. The Morgan fingerprint density at radius 2 is 1.88 bits per heavy atom. The van der Waals surface area contributed by atoms with Crippen molar-refractivity contribution in [1.29, 1.82) is 0 Å². The average Bonchev–Trinajstić information content (AvgIpc) is 2.57. The van der Waals surface area contributed by atoms with Crippen molar-refractivity contribution >= 4 is 16.0 Å². The maximum atomic E-state index is 12.4. The fourth-order valence-corrected chi connectivity index (χ4v) is 3.42. The monoisotopic (exact) mass is 362 g/mol. The molecule has 25 heavy (non-hydrogen) atoms. The molecule has 2 aromatic carbocycles. The van der Waals surface area contributed by atoms with Gasteiger partial charge in [0.2, 0.25) is 0 Å². The van der Waals surface area contributed by atoms with E-state index in [1.807, 2.05) is 38.1 Å². The van der Waals surface area contributed by atoms with Gasteiger partial charge in [0.05, 0.1) is 13.7 Å². The molecular weight excluding hydrogens is 338 g/mol. The molecule has 6 nitrogen and oxygen atoms in total. The van der Waals surface area contributed by atoms with E-state index in [0.717, 1.165) is 22.4 Å². The third-order valence-corrected chi connectivity index (χ3v) is 5.30. The van der Waals surface area contributed by atoms with Crippen molar-refractivity contribution in [3.8, 4) is 5.75 Å². The Bertz CT molecular complexity index is 877. The van der Waals surface area contributed by atoms with E-state index in [0.29, 0.717) is 13.0 Å². The minimum Gasteiger partial charge on any atom is -0.496 e. The number of nitrogens with two attached hydrogens (primary N) is 1. The van der Waals surface area contributed by atoms with Crippen molar-refractivity contribution in [3.05, 3.63) is 59.2 Å². The first-order valence-electron chi connectivity index (χ1n) is 7.92. The molecule has 0 fully saturated rings. The van der Waals surface area contributed by atoms with Crippen molar-refractivity contribution in [2.75, 3.05) is 13.7 Å². The van der Waals surface area contributed by atoms with Crippen LogP contribution in [0, 0.1) is 13.8 Å². The quantitative estimate of drug-likeness (QED) is 0.506. The molecule has 7 heteroatoms. The summed E-state index contributed by atoms with van der Waals surface area (Å²) < 4.78 is 32.4. The predicted octanol–water partition coefficient (Wildman–Crippen LogP) is 0.228. The highest BCUT2D eigenvalue weighted by molar-refractivity contribution is 7.90. The first-order chi connectivity index (χ1) is 11.8. The van der Waals surface area contributed by atoms with E-state index in [2.05, 4.69) is 9.71 Å². The third-order valence-electron chi connectivity index (χ3n) is 3.94. The Kier molecular flexibility index (Phi) is 6.03. The van der Waals surface area contributed by atoms with E-state index < -0.39 is 10.0 Å². The van der Waals surface area contributed by atoms with Crippen LogP contribution in [0.2, 0.25) is 0 Å². The molecule has 0 unspecified atom stereocenters. The molecule has 0 aromatic heterocycles. The normalized spacial score (nSPS) is 12.0. The van der Waals surface area contributed by atoms with Crippen molar-refractivity contribution < 1.29 is 18.1 Å². The Morgan fingerprint density at radius 3 is 2.56 bits per heavy atom. The van der Waals surface area contributed by atoms with E-state index >= 15 is 0 Å². The number of guanidine groups is 1. The molecule has 2 rings (SSSR count). The molecule has 0 saturated carbocycles. The van der Waals surface area contributed by atoms with Gasteiger partial charge < -0.3 is 4.74 Å². The van der Waals surface area contributed by atoms with Gasteiger partial charge in [0.1, 0.15) is 10.6 Å². The molecule has 0 radical (unpaired) electrons. The Morgan fingerprint density at radius 1 is 1.16 bits per heavy atom. The summed E-state index contributed by atoms with van der Waals surface area (Å²) in [5, 5.41) is 0. The molecule has 0 atom stereocenters. The first kappa shape index (κ1) is 18.8. The van der Waals surface area contributed by atoms with E-state index in [1.54, 1.807) is 25.3 Å². The van der Waals surface area contributed by atoms with Gasteiger partial charge in [-0.25, -0.2) is 0 Å².